The van der Waals surface area contributed by atoms with E-state index in [0.717, 1.165) is 0 Å². The fraction of sp³-hybridized carbons (Fsp3) is 0.125. The third-order valence-electron chi connectivity index (χ3n) is 1.77. The molecule has 1 N–H and O–H groups in total. The monoisotopic (exact) mass is 261 g/mol. The summed E-state index contributed by atoms with van der Waals surface area (Å²) in [6.45, 7) is 1.70. The molecule has 0 radical (unpaired) electrons. The van der Waals surface area contributed by atoms with Crippen molar-refractivity contribution >= 4 is 10.9 Å². The van der Waals surface area contributed by atoms with Gasteiger partial charge in [-0.25, -0.2) is 0 Å². The molecule has 5 nitrogen and oxygen atoms in total. The van der Waals surface area contributed by atoms with Crippen molar-refractivity contribution < 1.29 is 58.2 Å². The van der Waals surface area contributed by atoms with Crippen LogP contribution >= 0.6 is 0 Å². The Kier molecular flexibility index (Phi) is 3.94. The molecule has 6 heteroatoms. The standard InChI is InChI=1S/C8H7N3O2.Rb/c1-4-5-3-9-7(12)2-6(5)11-8(13)10-4;/h2-3H,1H3,(H2,9,10,11,12,13);/q;+1/p-1. The summed E-state index contributed by atoms with van der Waals surface area (Å²) >= 11 is 0. The average molecular weight is 262 g/mol. The number of aryl methyl sites for hydroxylation is 1. The van der Waals surface area contributed by atoms with Gasteiger partial charge in [0, 0.05) is 12.3 Å². The molecule has 2 aromatic heterocycles. The predicted octanol–water partition coefficient (Wildman–Crippen LogP) is -3.45. The van der Waals surface area contributed by atoms with Crippen LogP contribution in [0.1, 0.15) is 5.69 Å². The summed E-state index contributed by atoms with van der Waals surface area (Å²) in [5.41, 5.74) is 0.133. The van der Waals surface area contributed by atoms with Crippen molar-refractivity contribution in [2.45, 2.75) is 6.92 Å². The van der Waals surface area contributed by atoms with Crippen LogP contribution in [0.15, 0.2) is 21.9 Å². The Morgan fingerprint density at radius 2 is 2.14 bits per heavy atom. The normalized spacial score (nSPS) is 9.79. The van der Waals surface area contributed by atoms with Crippen LogP contribution in [0.25, 0.3) is 10.9 Å². The van der Waals surface area contributed by atoms with Crippen LogP contribution in [0.3, 0.4) is 0 Å². The maximum atomic E-state index is 10.9. The van der Waals surface area contributed by atoms with Gasteiger partial charge in [0.15, 0.2) is 5.69 Å². The summed E-state index contributed by atoms with van der Waals surface area (Å²) in [7, 11) is 0. The largest absolute Gasteiger partial charge is 1.00 e. The van der Waals surface area contributed by atoms with E-state index < -0.39 is 5.69 Å². The number of H-pyrrole nitrogens is 1. The number of pyridine rings is 1. The first-order valence-electron chi connectivity index (χ1n) is 3.71. The second kappa shape index (κ2) is 4.61. The van der Waals surface area contributed by atoms with Gasteiger partial charge in [0.1, 0.15) is 0 Å². The molecule has 0 aromatic carbocycles. The molecule has 0 aliphatic carbocycles. The Bertz CT molecular complexity index is 567. The fourth-order valence-electron chi connectivity index (χ4n) is 1.17. The zero-order valence-corrected chi connectivity index (χ0v) is 12.8. The number of aromatic nitrogens is 3. The van der Waals surface area contributed by atoms with E-state index in [4.69, 9.17) is 0 Å². The van der Waals surface area contributed by atoms with Crippen LogP contribution in [-0.4, -0.2) is 9.97 Å². The molecule has 0 atom stereocenters. The molecule has 0 bridgehead atoms. The first kappa shape index (κ1) is 12.0. The molecule has 0 saturated carbocycles. The van der Waals surface area contributed by atoms with Crippen LogP contribution in [0.2, 0.25) is 0 Å². The Morgan fingerprint density at radius 3 is 2.86 bits per heavy atom. The van der Waals surface area contributed by atoms with Crippen molar-refractivity contribution in [3.05, 3.63) is 38.8 Å². The Balaban J connectivity index is 0.000000980. The molecule has 14 heavy (non-hydrogen) atoms. The molecule has 0 saturated heterocycles. The first-order chi connectivity index (χ1) is 6.16. The first-order valence-corrected chi connectivity index (χ1v) is 3.71. The van der Waals surface area contributed by atoms with Crippen molar-refractivity contribution in [1.29, 1.82) is 0 Å². The van der Waals surface area contributed by atoms with E-state index in [-0.39, 0.29) is 63.7 Å². The smallest absolute Gasteiger partial charge is 0.404 e. The predicted molar refractivity (Wildman–Crippen MR) is 46.7 cm³/mol. The quantitative estimate of drug-likeness (QED) is 0.535. The summed E-state index contributed by atoms with van der Waals surface area (Å²) in [6, 6.07) is 1.28. The molecular weight excluding hydrogens is 256 g/mol. The molecular formula is C8H6N3O2Rb. The number of hydrogen-bond donors (Lipinski definition) is 1. The van der Waals surface area contributed by atoms with Gasteiger partial charge in [-0.3, -0.25) is 9.59 Å². The van der Waals surface area contributed by atoms with Crippen molar-refractivity contribution in [3.63, 3.8) is 0 Å². The van der Waals surface area contributed by atoms with Crippen LogP contribution < -0.4 is 74.4 Å². The molecule has 2 heterocycles. The summed E-state index contributed by atoms with van der Waals surface area (Å²) in [5.74, 6) is 0. The van der Waals surface area contributed by atoms with Gasteiger partial charge in [-0.05, 0) is 17.8 Å². The molecule has 66 valence electrons. The number of aromatic amines is 1. The minimum atomic E-state index is -0.560. The third-order valence-corrected chi connectivity index (χ3v) is 1.77. The molecule has 0 spiro atoms. The van der Waals surface area contributed by atoms with Gasteiger partial charge in [-0.1, -0.05) is 5.69 Å². The maximum absolute atomic E-state index is 10.9. The third kappa shape index (κ3) is 2.28. The van der Waals surface area contributed by atoms with Crippen LogP contribution in [0.5, 0.6) is 0 Å². The van der Waals surface area contributed by atoms with Gasteiger partial charge >= 0.3 is 58.2 Å². The van der Waals surface area contributed by atoms with E-state index in [9.17, 15) is 9.59 Å². The topological polar surface area (TPSA) is 76.9 Å². The van der Waals surface area contributed by atoms with Crippen LogP contribution in [0.4, 0.5) is 0 Å². The second-order valence-corrected chi connectivity index (χ2v) is 2.69. The summed E-state index contributed by atoms with van der Waals surface area (Å²) in [5, 5.41) is 0.694. The van der Waals surface area contributed by atoms with E-state index >= 15 is 0 Å². The minimum Gasteiger partial charge on any atom is -0.404 e. The van der Waals surface area contributed by atoms with Crippen LogP contribution in [0, 0.1) is 6.92 Å². The van der Waals surface area contributed by atoms with E-state index in [1.54, 1.807) is 6.92 Å². The summed E-state index contributed by atoms with van der Waals surface area (Å²) < 4.78 is 0. The van der Waals surface area contributed by atoms with E-state index in [0.29, 0.717) is 16.6 Å². The van der Waals surface area contributed by atoms with Crippen molar-refractivity contribution in [2.24, 2.45) is 0 Å². The zero-order chi connectivity index (χ0) is 9.42. The summed E-state index contributed by atoms with van der Waals surface area (Å²) in [6.07, 6.45) is 1.51. The molecule has 2 aromatic rings. The van der Waals surface area contributed by atoms with Gasteiger partial charge in [-0.15, -0.1) is 0 Å². The molecule has 0 aliphatic heterocycles. The molecule has 0 fully saturated rings. The van der Waals surface area contributed by atoms with Crippen molar-refractivity contribution in [3.8, 4) is 0 Å². The van der Waals surface area contributed by atoms with Crippen molar-refractivity contribution in [1.82, 2.24) is 15.0 Å². The maximum Gasteiger partial charge on any atom is 1.00 e. The van der Waals surface area contributed by atoms with Gasteiger partial charge in [0.05, 0.1) is 0 Å². The van der Waals surface area contributed by atoms with Gasteiger partial charge in [0.25, 0.3) is 0 Å². The zero-order valence-electron chi connectivity index (χ0n) is 7.87. The average Bonchev–Trinajstić information content (AvgIpc) is 2.02. The SMILES string of the molecule is Cc1nc(=O)[n-]c2cc(=O)[nH]cc12.[Rb+]. The Hall–Kier alpha value is -0.105. The van der Waals surface area contributed by atoms with Gasteiger partial charge in [-0.2, -0.15) is 0 Å². The fourth-order valence-corrected chi connectivity index (χ4v) is 1.17. The number of fused-ring (bicyclic) bond motifs is 1. The molecule has 0 amide bonds. The van der Waals surface area contributed by atoms with E-state index in [1.165, 1.54) is 12.3 Å². The van der Waals surface area contributed by atoms with Gasteiger partial charge < -0.3 is 15.0 Å². The van der Waals surface area contributed by atoms with Crippen molar-refractivity contribution in [2.75, 3.05) is 0 Å². The molecule has 0 unspecified atom stereocenters. The molecule has 2 rings (SSSR count). The van der Waals surface area contributed by atoms with E-state index in [1.807, 2.05) is 0 Å². The number of nitrogens with zero attached hydrogens (tertiary/aromatic N) is 2. The minimum absolute atomic E-state index is 0. The number of rotatable bonds is 0. The van der Waals surface area contributed by atoms with Crippen LogP contribution in [-0.2, 0) is 0 Å². The summed E-state index contributed by atoms with van der Waals surface area (Å²) in [4.78, 5) is 31.5. The number of hydrogen-bond acceptors (Lipinski definition) is 3. The Morgan fingerprint density at radius 1 is 1.43 bits per heavy atom. The van der Waals surface area contributed by atoms with Gasteiger partial charge in [0.2, 0.25) is 5.56 Å². The van der Waals surface area contributed by atoms with E-state index in [2.05, 4.69) is 15.0 Å². The number of nitrogens with one attached hydrogen (secondary N) is 1. The molecule has 0 aliphatic rings. The second-order valence-electron chi connectivity index (χ2n) is 2.69. The Labute approximate surface area is 128 Å².